The largest absolute Gasteiger partial charge is 0.362 e. The molecule has 4 aromatic rings. The van der Waals surface area contributed by atoms with Crippen LogP contribution in [-0.2, 0) is 13.1 Å². The Bertz CT molecular complexity index is 1070. The number of anilines is 1. The predicted molar refractivity (Wildman–Crippen MR) is 98.9 cm³/mol. The average molecular weight is 348 g/mol. The fourth-order valence-corrected chi connectivity index (χ4v) is 3.00. The second-order valence-corrected chi connectivity index (χ2v) is 6.35. The van der Waals surface area contributed by atoms with Crippen molar-refractivity contribution in [1.29, 1.82) is 0 Å². The second kappa shape index (κ2) is 6.59. The highest BCUT2D eigenvalue weighted by atomic mass is 16.5. The van der Waals surface area contributed by atoms with E-state index >= 15 is 0 Å². The maximum absolute atomic E-state index is 5.13. The molecule has 4 aromatic heterocycles. The Morgan fingerprint density at radius 3 is 2.81 bits per heavy atom. The molecule has 0 saturated carbocycles. The molecular weight excluding hydrogens is 328 g/mol. The first-order valence-corrected chi connectivity index (χ1v) is 8.50. The number of aromatic nitrogens is 5. The fourth-order valence-electron chi connectivity index (χ4n) is 3.00. The van der Waals surface area contributed by atoms with Crippen molar-refractivity contribution in [3.63, 3.8) is 0 Å². The van der Waals surface area contributed by atoms with Gasteiger partial charge in [-0.05, 0) is 38.5 Å². The Balaban J connectivity index is 1.69. The van der Waals surface area contributed by atoms with Crippen molar-refractivity contribution in [1.82, 2.24) is 24.7 Å². The van der Waals surface area contributed by atoms with Crippen molar-refractivity contribution in [2.24, 2.45) is 0 Å². The lowest BCUT2D eigenvalue weighted by Crippen LogP contribution is -2.08. The Morgan fingerprint density at radius 2 is 2.04 bits per heavy atom. The van der Waals surface area contributed by atoms with Gasteiger partial charge in [0.1, 0.15) is 22.8 Å². The number of fused-ring (bicyclic) bond motifs is 1. The van der Waals surface area contributed by atoms with Crippen LogP contribution >= 0.6 is 0 Å². The summed E-state index contributed by atoms with van der Waals surface area (Å²) in [6.07, 6.45) is 3.85. The minimum atomic E-state index is 0.538. The molecule has 0 radical (unpaired) electrons. The van der Waals surface area contributed by atoms with Gasteiger partial charge < -0.3 is 14.4 Å². The molecule has 0 amide bonds. The summed E-state index contributed by atoms with van der Waals surface area (Å²) in [6.45, 7) is 7.05. The van der Waals surface area contributed by atoms with Crippen LogP contribution in [0.2, 0.25) is 0 Å². The molecule has 0 bridgehead atoms. The van der Waals surface area contributed by atoms with E-state index in [1.165, 1.54) is 0 Å². The van der Waals surface area contributed by atoms with E-state index in [2.05, 4.69) is 43.0 Å². The van der Waals surface area contributed by atoms with E-state index in [0.717, 1.165) is 45.4 Å². The van der Waals surface area contributed by atoms with Gasteiger partial charge in [0.25, 0.3) is 0 Å². The summed E-state index contributed by atoms with van der Waals surface area (Å²) in [5, 5.41) is 7.40. The van der Waals surface area contributed by atoms with Crippen molar-refractivity contribution >= 4 is 16.9 Å². The van der Waals surface area contributed by atoms with Crippen molar-refractivity contribution in [2.75, 3.05) is 5.32 Å². The van der Waals surface area contributed by atoms with E-state index < -0.39 is 0 Å². The van der Waals surface area contributed by atoms with Gasteiger partial charge in [0.15, 0.2) is 5.82 Å². The molecule has 0 atom stereocenters. The normalized spacial score (nSPS) is 11.2. The van der Waals surface area contributed by atoms with Crippen LogP contribution in [0, 0.1) is 20.8 Å². The number of pyridine rings is 1. The lowest BCUT2D eigenvalue weighted by atomic mass is 10.2. The standard InChI is InChI=1S/C19H20N6O/c1-12-5-4-7-20-17(12)11-25-8-6-16-18(25)19(23-14(3)22-16)21-10-15-9-13(2)26-24-15/h4-9H,10-11H2,1-3H3,(H,21,22,23). The highest BCUT2D eigenvalue weighted by Gasteiger charge is 2.13. The zero-order valence-corrected chi connectivity index (χ0v) is 15.0. The summed E-state index contributed by atoms with van der Waals surface area (Å²) in [5.74, 6) is 2.30. The first kappa shape index (κ1) is 16.3. The molecular formula is C19H20N6O. The molecule has 0 aliphatic rings. The number of hydrogen-bond donors (Lipinski definition) is 1. The second-order valence-electron chi connectivity index (χ2n) is 6.35. The summed E-state index contributed by atoms with van der Waals surface area (Å²) in [6, 6.07) is 7.94. The van der Waals surface area contributed by atoms with Crippen LogP contribution in [0.5, 0.6) is 0 Å². The van der Waals surface area contributed by atoms with Crippen molar-refractivity contribution in [3.8, 4) is 0 Å². The van der Waals surface area contributed by atoms with Gasteiger partial charge in [-0.2, -0.15) is 0 Å². The van der Waals surface area contributed by atoms with Gasteiger partial charge in [0, 0.05) is 18.5 Å². The first-order valence-electron chi connectivity index (χ1n) is 8.50. The summed E-state index contributed by atoms with van der Waals surface area (Å²) in [4.78, 5) is 13.7. The third-order valence-corrected chi connectivity index (χ3v) is 4.27. The van der Waals surface area contributed by atoms with E-state index in [1.807, 2.05) is 44.4 Å². The van der Waals surface area contributed by atoms with Gasteiger partial charge in [-0.3, -0.25) is 4.98 Å². The first-order chi connectivity index (χ1) is 12.6. The number of rotatable bonds is 5. The zero-order valence-electron chi connectivity index (χ0n) is 15.0. The third-order valence-electron chi connectivity index (χ3n) is 4.27. The molecule has 0 spiro atoms. The van der Waals surface area contributed by atoms with E-state index in [9.17, 15) is 0 Å². The molecule has 132 valence electrons. The van der Waals surface area contributed by atoms with E-state index in [-0.39, 0.29) is 0 Å². The molecule has 4 heterocycles. The molecule has 0 aromatic carbocycles. The molecule has 7 nitrogen and oxygen atoms in total. The summed E-state index contributed by atoms with van der Waals surface area (Å²) < 4.78 is 7.25. The molecule has 1 N–H and O–H groups in total. The monoisotopic (exact) mass is 348 g/mol. The van der Waals surface area contributed by atoms with Crippen molar-refractivity contribution in [2.45, 2.75) is 33.9 Å². The van der Waals surface area contributed by atoms with Crippen LogP contribution in [0.15, 0.2) is 41.2 Å². The summed E-state index contributed by atoms with van der Waals surface area (Å²) in [5.41, 5.74) is 4.90. The maximum atomic E-state index is 5.13. The van der Waals surface area contributed by atoms with Crippen molar-refractivity contribution < 1.29 is 4.52 Å². The summed E-state index contributed by atoms with van der Waals surface area (Å²) >= 11 is 0. The number of aryl methyl sites for hydroxylation is 3. The topological polar surface area (TPSA) is 81.7 Å². The van der Waals surface area contributed by atoms with E-state index in [4.69, 9.17) is 4.52 Å². The molecule has 0 fully saturated rings. The highest BCUT2D eigenvalue weighted by molar-refractivity contribution is 5.86. The van der Waals surface area contributed by atoms with Crippen LogP contribution < -0.4 is 5.32 Å². The van der Waals surface area contributed by atoms with Crippen LogP contribution in [0.1, 0.15) is 28.5 Å². The Kier molecular flexibility index (Phi) is 4.12. The van der Waals surface area contributed by atoms with Crippen molar-refractivity contribution in [3.05, 3.63) is 65.2 Å². The SMILES string of the molecule is Cc1nc(NCc2cc(C)on2)c2c(ccn2Cc2ncccc2C)n1. The molecule has 0 aliphatic carbocycles. The predicted octanol–water partition coefficient (Wildman–Crippen LogP) is 3.40. The van der Waals surface area contributed by atoms with Gasteiger partial charge in [-0.15, -0.1) is 0 Å². The van der Waals surface area contributed by atoms with Crippen LogP contribution in [0.4, 0.5) is 5.82 Å². The lowest BCUT2D eigenvalue weighted by molar-refractivity contribution is 0.391. The third kappa shape index (κ3) is 3.15. The van der Waals surface area contributed by atoms with E-state index in [0.29, 0.717) is 13.1 Å². The average Bonchev–Trinajstić information content (AvgIpc) is 3.21. The molecule has 0 unspecified atom stereocenters. The smallest absolute Gasteiger partial charge is 0.154 e. The molecule has 7 heteroatoms. The van der Waals surface area contributed by atoms with E-state index in [1.54, 1.807) is 0 Å². The van der Waals surface area contributed by atoms with Gasteiger partial charge >= 0.3 is 0 Å². The lowest BCUT2D eigenvalue weighted by Gasteiger charge is -2.11. The Hall–Kier alpha value is -3.22. The van der Waals surface area contributed by atoms with Gasteiger partial charge in [-0.25, -0.2) is 9.97 Å². The number of hydrogen-bond acceptors (Lipinski definition) is 6. The van der Waals surface area contributed by atoms with Crippen LogP contribution in [-0.4, -0.2) is 24.7 Å². The van der Waals surface area contributed by atoms with Gasteiger partial charge in [0.05, 0.1) is 24.3 Å². The molecule has 0 saturated heterocycles. The highest BCUT2D eigenvalue weighted by Crippen LogP contribution is 2.23. The maximum Gasteiger partial charge on any atom is 0.154 e. The molecule has 0 aliphatic heterocycles. The molecule has 26 heavy (non-hydrogen) atoms. The van der Waals surface area contributed by atoms with Gasteiger partial charge in [0.2, 0.25) is 0 Å². The van der Waals surface area contributed by atoms with Crippen LogP contribution in [0.3, 0.4) is 0 Å². The minimum Gasteiger partial charge on any atom is -0.362 e. The zero-order chi connectivity index (χ0) is 18.1. The molecule has 4 rings (SSSR count). The van der Waals surface area contributed by atoms with Crippen LogP contribution in [0.25, 0.3) is 11.0 Å². The quantitative estimate of drug-likeness (QED) is 0.595. The summed E-state index contributed by atoms with van der Waals surface area (Å²) in [7, 11) is 0. The Morgan fingerprint density at radius 1 is 1.15 bits per heavy atom. The Labute approximate surface area is 151 Å². The van der Waals surface area contributed by atoms with Gasteiger partial charge in [-0.1, -0.05) is 11.2 Å². The fraction of sp³-hybridized carbons (Fsp3) is 0.263. The minimum absolute atomic E-state index is 0.538. The number of nitrogens with one attached hydrogen (secondary N) is 1. The number of nitrogens with zero attached hydrogens (tertiary/aromatic N) is 5.